The van der Waals surface area contributed by atoms with Gasteiger partial charge in [-0.05, 0) is 42.0 Å². The molecule has 1 amide bonds. The highest BCUT2D eigenvalue weighted by Crippen LogP contribution is 2.43. The summed E-state index contributed by atoms with van der Waals surface area (Å²) in [5.74, 6) is -0.376. The molecule has 6 aromatic rings. The van der Waals surface area contributed by atoms with Gasteiger partial charge >= 0.3 is 0 Å². The number of ether oxygens (including phenoxy) is 1. The molecule has 0 unspecified atom stereocenters. The van der Waals surface area contributed by atoms with Crippen molar-refractivity contribution >= 4 is 67.4 Å². The first kappa shape index (κ1) is 36.2. The largest absolute Gasteiger partial charge is 0.379 e. The summed E-state index contributed by atoms with van der Waals surface area (Å²) in [6, 6.07) is 27.2. The Morgan fingerprint density at radius 3 is 2.31 bits per heavy atom. The predicted octanol–water partition coefficient (Wildman–Crippen LogP) is 7.98. The van der Waals surface area contributed by atoms with Gasteiger partial charge in [0.2, 0.25) is 15.9 Å². The van der Waals surface area contributed by atoms with Crippen molar-refractivity contribution < 1.29 is 22.3 Å². The molecule has 2 aromatic heterocycles. The highest BCUT2D eigenvalue weighted by molar-refractivity contribution is 7.99. The van der Waals surface area contributed by atoms with E-state index in [1.54, 1.807) is 53.1 Å². The topological polar surface area (TPSA) is 119 Å². The molecule has 1 fully saturated rings. The van der Waals surface area contributed by atoms with Gasteiger partial charge in [0, 0.05) is 34.8 Å². The molecule has 1 aliphatic heterocycles. The number of morpholine rings is 1. The summed E-state index contributed by atoms with van der Waals surface area (Å²) in [6.07, 6.45) is 0. The number of carbonyl (C=O) groups is 1. The molecule has 1 N–H and O–H groups in total. The van der Waals surface area contributed by atoms with Crippen LogP contribution in [-0.2, 0) is 26.1 Å². The van der Waals surface area contributed by atoms with Crippen LogP contribution in [0.4, 0.5) is 9.52 Å². The van der Waals surface area contributed by atoms with Crippen LogP contribution < -0.4 is 5.32 Å². The first-order chi connectivity index (χ1) is 25.2. The second-order valence-electron chi connectivity index (χ2n) is 11.6. The van der Waals surface area contributed by atoms with Crippen molar-refractivity contribution in [3.05, 3.63) is 118 Å². The van der Waals surface area contributed by atoms with Crippen molar-refractivity contribution in [2.45, 2.75) is 16.6 Å². The standard InChI is InChI=1S/C36H29Cl2FN6O4S3/c37-29-10-3-1-8-27(29)32-33(28-9-2-4-11-30(28)38)51-35(41-32)40-31(46)22-50-36-43-42-34(45(36)21-23-12-14-25(39)15-13-23)24-6-5-7-26(20-24)52(47,48)44-16-18-49-19-17-44/h1-15,20H,16-19,21-22H2,(H,40,41,46). The summed E-state index contributed by atoms with van der Waals surface area (Å²) in [7, 11) is -3.78. The molecule has 16 heteroatoms. The Morgan fingerprint density at radius 1 is 0.904 bits per heavy atom. The molecule has 1 aliphatic rings. The van der Waals surface area contributed by atoms with Crippen LogP contribution in [0.2, 0.25) is 10.0 Å². The Kier molecular flexibility index (Phi) is 11.0. The average Bonchev–Trinajstić information content (AvgIpc) is 3.76. The van der Waals surface area contributed by atoms with Crippen molar-refractivity contribution in [1.29, 1.82) is 0 Å². The minimum Gasteiger partial charge on any atom is -0.379 e. The second kappa shape index (κ2) is 15.8. The molecule has 52 heavy (non-hydrogen) atoms. The van der Waals surface area contributed by atoms with Gasteiger partial charge in [-0.25, -0.2) is 17.8 Å². The molecule has 0 aliphatic carbocycles. The lowest BCUT2D eigenvalue weighted by Gasteiger charge is -2.26. The molecule has 10 nitrogen and oxygen atoms in total. The minimum atomic E-state index is -3.78. The molecule has 7 rings (SSSR count). The second-order valence-corrected chi connectivity index (χ2v) is 16.3. The number of benzene rings is 4. The van der Waals surface area contributed by atoms with Gasteiger partial charge in [-0.15, -0.1) is 10.2 Å². The van der Waals surface area contributed by atoms with Gasteiger partial charge in [-0.3, -0.25) is 9.36 Å². The fraction of sp³-hybridized carbons (Fsp3) is 0.167. The molecule has 3 heterocycles. The van der Waals surface area contributed by atoms with Crippen LogP contribution in [0.1, 0.15) is 5.56 Å². The smallest absolute Gasteiger partial charge is 0.243 e. The Hall–Kier alpha value is -4.15. The summed E-state index contributed by atoms with van der Waals surface area (Å²) < 4.78 is 49.2. The van der Waals surface area contributed by atoms with Gasteiger partial charge in [0.25, 0.3) is 0 Å². The molecular formula is C36H29Cl2FN6O4S3. The lowest BCUT2D eigenvalue weighted by Crippen LogP contribution is -2.40. The van der Waals surface area contributed by atoms with Gasteiger partial charge in [-0.1, -0.05) is 107 Å². The summed E-state index contributed by atoms with van der Waals surface area (Å²) in [5.41, 5.74) is 3.33. The summed E-state index contributed by atoms with van der Waals surface area (Å²) in [4.78, 5) is 19.0. The van der Waals surface area contributed by atoms with E-state index in [9.17, 15) is 17.6 Å². The number of sulfonamides is 1. The fourth-order valence-electron chi connectivity index (χ4n) is 5.58. The van der Waals surface area contributed by atoms with E-state index < -0.39 is 10.0 Å². The number of aromatic nitrogens is 4. The molecule has 0 radical (unpaired) electrons. The number of amides is 1. The van der Waals surface area contributed by atoms with Crippen LogP contribution in [0.15, 0.2) is 107 Å². The molecule has 266 valence electrons. The maximum absolute atomic E-state index is 13.8. The molecule has 0 saturated carbocycles. The van der Waals surface area contributed by atoms with Crippen LogP contribution in [0.3, 0.4) is 0 Å². The van der Waals surface area contributed by atoms with Crippen molar-refractivity contribution in [2.75, 3.05) is 37.4 Å². The number of halogens is 3. The lowest BCUT2D eigenvalue weighted by atomic mass is 10.1. The van der Waals surface area contributed by atoms with Gasteiger partial charge in [0.15, 0.2) is 16.1 Å². The van der Waals surface area contributed by atoms with Crippen LogP contribution in [-0.4, -0.2) is 70.4 Å². The number of anilines is 1. The Morgan fingerprint density at radius 2 is 1.60 bits per heavy atom. The highest BCUT2D eigenvalue weighted by Gasteiger charge is 2.27. The molecule has 0 bridgehead atoms. The first-order valence-corrected chi connectivity index (χ1v) is 20.0. The Labute approximate surface area is 317 Å². The van der Waals surface area contributed by atoms with E-state index in [0.29, 0.717) is 56.2 Å². The third kappa shape index (κ3) is 7.93. The SMILES string of the molecule is O=C(CSc1nnc(-c2cccc(S(=O)(=O)N3CCOCC3)c2)n1Cc1ccc(F)cc1)Nc1nc(-c2ccccc2Cl)c(-c2ccccc2Cl)s1. The zero-order valence-electron chi connectivity index (χ0n) is 27.2. The fourth-order valence-corrected chi connectivity index (χ4v) is 9.32. The van der Waals surface area contributed by atoms with E-state index in [-0.39, 0.29) is 42.0 Å². The van der Waals surface area contributed by atoms with Crippen LogP contribution >= 0.6 is 46.3 Å². The normalized spacial score (nSPS) is 13.7. The lowest BCUT2D eigenvalue weighted by molar-refractivity contribution is -0.113. The number of thiazole rings is 1. The molecule has 1 saturated heterocycles. The summed E-state index contributed by atoms with van der Waals surface area (Å²) >= 11 is 15.6. The quantitative estimate of drug-likeness (QED) is 0.131. The van der Waals surface area contributed by atoms with Crippen molar-refractivity contribution in [3.8, 4) is 33.1 Å². The van der Waals surface area contributed by atoms with Crippen LogP contribution in [0.25, 0.3) is 33.1 Å². The molecule has 0 atom stereocenters. The highest BCUT2D eigenvalue weighted by atomic mass is 35.5. The van der Waals surface area contributed by atoms with Gasteiger partial charge in [0.1, 0.15) is 5.82 Å². The third-order valence-electron chi connectivity index (χ3n) is 8.12. The number of rotatable bonds is 11. The van der Waals surface area contributed by atoms with E-state index >= 15 is 0 Å². The molecule has 0 spiro atoms. The number of nitrogens with one attached hydrogen (secondary N) is 1. The van der Waals surface area contributed by atoms with Gasteiger partial charge in [-0.2, -0.15) is 4.31 Å². The number of hydrogen-bond donors (Lipinski definition) is 1. The van der Waals surface area contributed by atoms with Gasteiger partial charge < -0.3 is 10.1 Å². The van der Waals surface area contributed by atoms with E-state index in [1.165, 1.54) is 27.8 Å². The van der Waals surface area contributed by atoms with Crippen molar-refractivity contribution in [2.24, 2.45) is 0 Å². The molecular weight excluding hydrogens is 767 g/mol. The Bertz CT molecular complexity index is 2290. The average molecular weight is 796 g/mol. The summed E-state index contributed by atoms with van der Waals surface area (Å²) in [6.45, 7) is 1.42. The molecule has 4 aromatic carbocycles. The number of thioether (sulfide) groups is 1. The monoisotopic (exact) mass is 794 g/mol. The maximum Gasteiger partial charge on any atom is 0.243 e. The third-order valence-corrected chi connectivity index (χ3v) is 12.6. The maximum atomic E-state index is 13.8. The minimum absolute atomic E-state index is 0.0462. The number of carbonyl (C=O) groups excluding carboxylic acids is 1. The van der Waals surface area contributed by atoms with Crippen molar-refractivity contribution in [1.82, 2.24) is 24.1 Å². The zero-order chi connectivity index (χ0) is 36.2. The van der Waals surface area contributed by atoms with Gasteiger partial charge in [0.05, 0.1) is 46.0 Å². The van der Waals surface area contributed by atoms with E-state index in [2.05, 4.69) is 15.5 Å². The van der Waals surface area contributed by atoms with Crippen LogP contribution in [0, 0.1) is 5.82 Å². The number of hydrogen-bond acceptors (Lipinski definition) is 9. The van der Waals surface area contributed by atoms with E-state index in [4.69, 9.17) is 32.9 Å². The van der Waals surface area contributed by atoms with E-state index in [0.717, 1.165) is 27.8 Å². The zero-order valence-corrected chi connectivity index (χ0v) is 31.2. The predicted molar refractivity (Wildman–Crippen MR) is 203 cm³/mol. The Balaban J connectivity index is 1.16. The van der Waals surface area contributed by atoms with Crippen LogP contribution in [0.5, 0.6) is 0 Å². The first-order valence-electron chi connectivity index (χ1n) is 16.0. The number of nitrogens with zero attached hydrogens (tertiary/aromatic N) is 5. The summed E-state index contributed by atoms with van der Waals surface area (Å²) in [5, 5.41) is 13.5. The van der Waals surface area contributed by atoms with E-state index in [1.807, 2.05) is 36.4 Å². The van der Waals surface area contributed by atoms with Crippen molar-refractivity contribution in [3.63, 3.8) is 0 Å².